The molecule has 2 heterocycles. The Kier molecular flexibility index (Phi) is 10.1. The van der Waals surface area contributed by atoms with Gasteiger partial charge in [0, 0.05) is 18.5 Å². The summed E-state index contributed by atoms with van der Waals surface area (Å²) in [5, 5.41) is 14.9. The van der Waals surface area contributed by atoms with Gasteiger partial charge >= 0.3 is 5.97 Å². The number of hydrogen-bond acceptors (Lipinski definition) is 9. The molecule has 0 saturated carbocycles. The summed E-state index contributed by atoms with van der Waals surface area (Å²) >= 11 is 8.26. The summed E-state index contributed by atoms with van der Waals surface area (Å²) in [5.41, 5.74) is 3.13. The predicted molar refractivity (Wildman–Crippen MR) is 165 cm³/mol. The number of fused-ring (bicyclic) bond motifs is 1. The zero-order valence-corrected chi connectivity index (χ0v) is 25.3. The molecule has 0 saturated heterocycles. The molecule has 0 unspecified atom stereocenters. The van der Waals surface area contributed by atoms with Crippen molar-refractivity contribution in [3.63, 3.8) is 0 Å². The molecule has 0 fully saturated rings. The predicted octanol–water partition coefficient (Wildman–Crippen LogP) is 5.92. The molecule has 2 N–H and O–H groups in total. The second kappa shape index (κ2) is 13.7. The number of esters is 1. The van der Waals surface area contributed by atoms with Gasteiger partial charge in [-0.2, -0.15) is 0 Å². The molecule has 0 spiro atoms. The second-order valence-electron chi connectivity index (χ2n) is 9.57. The van der Waals surface area contributed by atoms with E-state index in [0.717, 1.165) is 33.5 Å². The molecule has 4 rings (SSSR count). The number of thiophene rings is 1. The highest BCUT2D eigenvalue weighted by Crippen LogP contribution is 2.44. The number of benzene rings is 2. The minimum atomic E-state index is -0.813. The van der Waals surface area contributed by atoms with E-state index in [2.05, 4.69) is 27.1 Å². The highest BCUT2D eigenvalue weighted by molar-refractivity contribution is 7.19. The van der Waals surface area contributed by atoms with Crippen molar-refractivity contribution < 1.29 is 19.4 Å². The number of phenols is 1. The number of ether oxygens (including phenoxy) is 2. The molecular weight excluding hydrogens is 560 g/mol. The molecule has 8 nitrogen and oxygen atoms in total. The highest BCUT2D eigenvalue weighted by Gasteiger charge is 2.26. The normalized spacial score (nSPS) is 11.7. The molecule has 10 heteroatoms. The van der Waals surface area contributed by atoms with Crippen LogP contribution in [0.4, 0.5) is 5.82 Å². The number of carbonyl (C=O) groups is 1. The number of rotatable bonds is 11. The first kappa shape index (κ1) is 30.1. The lowest BCUT2D eigenvalue weighted by Gasteiger charge is -2.20. The molecule has 1 atom stereocenters. The first-order valence-electron chi connectivity index (χ1n) is 13.2. The van der Waals surface area contributed by atoms with Crippen molar-refractivity contribution in [3.8, 4) is 34.5 Å². The standard InChI is InChI=1S/C31H33ClN4O4S/c1-6-10-25-26(21-13-14-24(28(32)19(21)3)40-16-15-36(4)5)27-29(33-18-34-30(27)41-25)35-22(31(38)39-7-2)17-20-11-8-9-12-23(20)37/h8-9,11-14,18,22,37H,7,15-17H2,1-5H3,(H,33,34,35)/t22-/m1/s1. The Balaban J connectivity index is 1.82. The minimum Gasteiger partial charge on any atom is -0.508 e. The summed E-state index contributed by atoms with van der Waals surface area (Å²) in [6, 6.07) is 9.93. The first-order chi connectivity index (χ1) is 19.7. The number of aromatic hydroxyl groups is 1. The lowest BCUT2D eigenvalue weighted by molar-refractivity contribution is -0.144. The van der Waals surface area contributed by atoms with E-state index in [0.29, 0.717) is 33.6 Å². The number of hydrogen-bond donors (Lipinski definition) is 2. The largest absolute Gasteiger partial charge is 0.508 e. The molecule has 2 aromatic heterocycles. The molecule has 2 aromatic carbocycles. The Hall–Kier alpha value is -3.84. The minimum absolute atomic E-state index is 0.103. The van der Waals surface area contributed by atoms with E-state index in [1.165, 1.54) is 17.7 Å². The highest BCUT2D eigenvalue weighted by atomic mass is 35.5. The number of para-hydroxylation sites is 1. The van der Waals surface area contributed by atoms with Crippen molar-refractivity contribution in [1.82, 2.24) is 14.9 Å². The molecule has 0 aliphatic heterocycles. The topological polar surface area (TPSA) is 96.8 Å². The third kappa shape index (κ3) is 6.91. The number of nitrogens with zero attached hydrogens (tertiary/aromatic N) is 3. The Bertz CT molecular complexity index is 1610. The molecule has 0 amide bonds. The average molecular weight is 593 g/mol. The van der Waals surface area contributed by atoms with Crippen molar-refractivity contribution in [2.75, 3.05) is 39.2 Å². The van der Waals surface area contributed by atoms with Gasteiger partial charge in [-0.05, 0) is 63.7 Å². The molecule has 4 aromatic rings. The Morgan fingerprint density at radius 2 is 2.00 bits per heavy atom. The molecule has 214 valence electrons. The summed E-state index contributed by atoms with van der Waals surface area (Å²) in [6.45, 7) is 6.97. The number of aromatic nitrogens is 2. The van der Waals surface area contributed by atoms with E-state index in [4.69, 9.17) is 21.1 Å². The number of carbonyl (C=O) groups excluding carboxylic acids is 1. The van der Waals surface area contributed by atoms with Crippen LogP contribution in [-0.2, 0) is 16.0 Å². The number of anilines is 1. The van der Waals surface area contributed by atoms with Gasteiger partial charge in [0.25, 0.3) is 0 Å². The lowest BCUT2D eigenvalue weighted by atomic mass is 9.97. The molecule has 0 radical (unpaired) electrons. The van der Waals surface area contributed by atoms with Crippen molar-refractivity contribution in [3.05, 3.63) is 63.8 Å². The number of phenolic OH excluding ortho intramolecular Hbond substituents is 1. The van der Waals surface area contributed by atoms with Crippen molar-refractivity contribution >= 4 is 44.9 Å². The van der Waals surface area contributed by atoms with Gasteiger partial charge < -0.3 is 24.8 Å². The van der Waals surface area contributed by atoms with E-state index in [1.807, 2.05) is 44.1 Å². The van der Waals surface area contributed by atoms with Crippen molar-refractivity contribution in [2.45, 2.75) is 33.2 Å². The number of nitrogens with one attached hydrogen (secondary N) is 1. The molecule has 41 heavy (non-hydrogen) atoms. The van der Waals surface area contributed by atoms with Crippen LogP contribution < -0.4 is 10.1 Å². The van der Waals surface area contributed by atoms with Crippen LogP contribution in [0.15, 0.2) is 42.7 Å². The Labute approximate surface area is 249 Å². The molecule has 0 aliphatic rings. The third-order valence-corrected chi connectivity index (χ3v) is 7.92. The van der Waals surface area contributed by atoms with Gasteiger partial charge in [-0.15, -0.1) is 17.3 Å². The third-order valence-electron chi connectivity index (χ3n) is 6.44. The second-order valence-corrected chi connectivity index (χ2v) is 10.9. The summed E-state index contributed by atoms with van der Waals surface area (Å²) in [7, 11) is 3.97. The van der Waals surface area contributed by atoms with Crippen LogP contribution in [0.5, 0.6) is 11.5 Å². The van der Waals surface area contributed by atoms with Crippen LogP contribution in [0.1, 0.15) is 29.9 Å². The van der Waals surface area contributed by atoms with Crippen LogP contribution in [0.25, 0.3) is 21.3 Å². The van der Waals surface area contributed by atoms with E-state index in [1.54, 1.807) is 32.0 Å². The van der Waals surface area contributed by atoms with E-state index in [-0.39, 0.29) is 18.8 Å². The summed E-state index contributed by atoms with van der Waals surface area (Å²) in [6.07, 6.45) is 1.65. The fourth-order valence-corrected chi connectivity index (χ4v) is 5.67. The summed E-state index contributed by atoms with van der Waals surface area (Å²) in [4.78, 5) is 25.7. The average Bonchev–Trinajstić information content (AvgIpc) is 3.30. The van der Waals surface area contributed by atoms with Gasteiger partial charge in [0.2, 0.25) is 0 Å². The molecule has 0 bridgehead atoms. The first-order valence-corrected chi connectivity index (χ1v) is 14.4. The van der Waals surface area contributed by atoms with Crippen molar-refractivity contribution in [1.29, 1.82) is 0 Å². The van der Waals surface area contributed by atoms with Gasteiger partial charge in [-0.25, -0.2) is 14.8 Å². The maximum Gasteiger partial charge on any atom is 0.328 e. The number of halogens is 1. The van der Waals surface area contributed by atoms with Gasteiger partial charge in [0.05, 0.1) is 21.9 Å². The summed E-state index contributed by atoms with van der Waals surface area (Å²) in [5.74, 6) is 6.93. The summed E-state index contributed by atoms with van der Waals surface area (Å²) < 4.78 is 11.3. The fourth-order valence-electron chi connectivity index (χ4n) is 4.39. The van der Waals surface area contributed by atoms with E-state index < -0.39 is 12.0 Å². The van der Waals surface area contributed by atoms with Crippen LogP contribution in [0, 0.1) is 18.8 Å². The quantitative estimate of drug-likeness (QED) is 0.164. The number of likely N-dealkylation sites (N-methyl/N-ethyl adjacent to an activating group) is 1. The zero-order chi connectivity index (χ0) is 29.5. The Morgan fingerprint density at radius 1 is 1.22 bits per heavy atom. The van der Waals surface area contributed by atoms with Crippen LogP contribution in [0.2, 0.25) is 5.02 Å². The maximum absolute atomic E-state index is 13.1. The van der Waals surface area contributed by atoms with Crippen molar-refractivity contribution in [2.24, 2.45) is 0 Å². The van der Waals surface area contributed by atoms with E-state index >= 15 is 0 Å². The monoisotopic (exact) mass is 592 g/mol. The van der Waals surface area contributed by atoms with E-state index in [9.17, 15) is 9.90 Å². The van der Waals surface area contributed by atoms with Crippen LogP contribution in [0.3, 0.4) is 0 Å². The molecular formula is C31H33ClN4O4S. The lowest BCUT2D eigenvalue weighted by Crippen LogP contribution is -2.34. The van der Waals surface area contributed by atoms with Gasteiger partial charge in [-0.1, -0.05) is 41.8 Å². The zero-order valence-electron chi connectivity index (χ0n) is 23.7. The van der Waals surface area contributed by atoms with Gasteiger partial charge in [-0.3, -0.25) is 0 Å². The molecule has 0 aliphatic carbocycles. The van der Waals surface area contributed by atoms with Gasteiger partial charge in [0.15, 0.2) is 0 Å². The fraction of sp³-hybridized carbons (Fsp3) is 0.323. The van der Waals surface area contributed by atoms with Crippen LogP contribution >= 0.6 is 22.9 Å². The SMILES string of the molecule is CC#Cc1sc2ncnc(N[C@H](Cc3ccccc3O)C(=O)OCC)c2c1-c1ccc(OCCN(C)C)c(Cl)c1C. The van der Waals surface area contributed by atoms with Gasteiger partial charge in [0.1, 0.15) is 41.1 Å². The maximum atomic E-state index is 13.1. The smallest absolute Gasteiger partial charge is 0.328 e. The van der Waals surface area contributed by atoms with Crippen LogP contribution in [-0.4, -0.2) is 65.8 Å². The Morgan fingerprint density at radius 3 is 2.71 bits per heavy atom.